The van der Waals surface area contributed by atoms with E-state index in [-0.39, 0.29) is 6.04 Å². The maximum Gasteiger partial charge on any atom is 0.0985 e. The molecule has 2 rings (SSSR count). The normalized spacial score (nSPS) is 12.9. The monoisotopic (exact) mass is 327 g/mol. The molecule has 3 nitrogen and oxygen atoms in total. The van der Waals surface area contributed by atoms with Gasteiger partial charge in [0.1, 0.15) is 0 Å². The number of hydrogen-bond acceptors (Lipinski definition) is 3. The molecule has 0 spiro atoms. The predicted octanol–water partition coefficient (Wildman–Crippen LogP) is 3.43. The van der Waals surface area contributed by atoms with Crippen LogP contribution >= 0.6 is 27.3 Å². The summed E-state index contributed by atoms with van der Waals surface area (Å²) < 4.78 is 3.21. The van der Waals surface area contributed by atoms with E-state index in [2.05, 4.69) is 58.6 Å². The summed E-state index contributed by atoms with van der Waals surface area (Å²) in [5.74, 6) is 0. The third-order valence-electron chi connectivity index (χ3n) is 3.27. The number of halogens is 1. The van der Waals surface area contributed by atoms with Gasteiger partial charge in [0.2, 0.25) is 0 Å². The zero-order chi connectivity index (χ0) is 13.3. The standard InChI is InChI=1S/C13H18BrN3S/c1-4-10-8(2)16-17(9(10)3)11(7-15)12-5-6-13(14)18-12/h5-6,11H,4,7,15H2,1-3H3. The molecule has 0 aliphatic rings. The first-order chi connectivity index (χ1) is 8.58. The largest absolute Gasteiger partial charge is 0.328 e. The Labute approximate surface area is 120 Å². The van der Waals surface area contributed by atoms with Gasteiger partial charge < -0.3 is 5.73 Å². The molecule has 0 aromatic carbocycles. The van der Waals surface area contributed by atoms with Crippen molar-refractivity contribution in [3.8, 4) is 0 Å². The molecule has 98 valence electrons. The van der Waals surface area contributed by atoms with Crippen LogP contribution in [0.3, 0.4) is 0 Å². The molecular weight excluding hydrogens is 310 g/mol. The fourth-order valence-corrected chi connectivity index (χ4v) is 3.88. The van der Waals surface area contributed by atoms with Crippen molar-refractivity contribution in [2.45, 2.75) is 33.2 Å². The molecule has 1 atom stereocenters. The molecule has 0 radical (unpaired) electrons. The van der Waals surface area contributed by atoms with Crippen molar-refractivity contribution in [1.29, 1.82) is 0 Å². The Balaban J connectivity index is 2.45. The van der Waals surface area contributed by atoms with E-state index in [4.69, 9.17) is 5.73 Å². The lowest BCUT2D eigenvalue weighted by Crippen LogP contribution is -2.21. The van der Waals surface area contributed by atoms with E-state index in [0.29, 0.717) is 6.54 Å². The van der Waals surface area contributed by atoms with Crippen LogP contribution in [-0.4, -0.2) is 16.3 Å². The molecule has 2 heterocycles. The minimum atomic E-state index is 0.139. The molecule has 0 fully saturated rings. The van der Waals surface area contributed by atoms with Crippen molar-refractivity contribution >= 4 is 27.3 Å². The fraction of sp³-hybridized carbons (Fsp3) is 0.462. The molecule has 18 heavy (non-hydrogen) atoms. The average Bonchev–Trinajstić information content (AvgIpc) is 2.86. The molecule has 0 saturated carbocycles. The van der Waals surface area contributed by atoms with Gasteiger partial charge in [-0.25, -0.2) is 0 Å². The van der Waals surface area contributed by atoms with E-state index in [9.17, 15) is 0 Å². The van der Waals surface area contributed by atoms with Crippen LogP contribution in [-0.2, 0) is 6.42 Å². The highest BCUT2D eigenvalue weighted by Crippen LogP contribution is 2.30. The molecule has 1 unspecified atom stereocenters. The highest BCUT2D eigenvalue weighted by Gasteiger charge is 2.19. The van der Waals surface area contributed by atoms with E-state index >= 15 is 0 Å². The Morgan fingerprint density at radius 2 is 2.17 bits per heavy atom. The number of aromatic nitrogens is 2. The smallest absolute Gasteiger partial charge is 0.0985 e. The number of rotatable bonds is 4. The van der Waals surface area contributed by atoms with Gasteiger partial charge in [-0.2, -0.15) is 5.10 Å². The topological polar surface area (TPSA) is 43.8 Å². The fourth-order valence-electron chi connectivity index (χ4n) is 2.36. The molecule has 0 bridgehead atoms. The van der Waals surface area contributed by atoms with Crippen LogP contribution in [0, 0.1) is 13.8 Å². The number of nitrogens with zero attached hydrogens (tertiary/aromatic N) is 2. The van der Waals surface area contributed by atoms with Gasteiger partial charge in [-0.1, -0.05) is 6.92 Å². The van der Waals surface area contributed by atoms with Crippen molar-refractivity contribution in [3.05, 3.63) is 37.7 Å². The van der Waals surface area contributed by atoms with Crippen LogP contribution in [0.2, 0.25) is 0 Å². The Morgan fingerprint density at radius 3 is 2.61 bits per heavy atom. The lowest BCUT2D eigenvalue weighted by molar-refractivity contribution is 0.523. The lowest BCUT2D eigenvalue weighted by Gasteiger charge is -2.16. The molecule has 0 saturated heterocycles. The highest BCUT2D eigenvalue weighted by atomic mass is 79.9. The van der Waals surface area contributed by atoms with Gasteiger partial charge in [0, 0.05) is 17.1 Å². The molecule has 0 aliphatic carbocycles. The van der Waals surface area contributed by atoms with Crippen LogP contribution < -0.4 is 5.73 Å². The SMILES string of the molecule is CCc1c(C)nn(C(CN)c2ccc(Br)s2)c1C. The van der Waals surface area contributed by atoms with Crippen LogP contribution in [0.1, 0.15) is 34.8 Å². The van der Waals surface area contributed by atoms with Crippen molar-refractivity contribution < 1.29 is 0 Å². The second-order valence-corrected chi connectivity index (χ2v) is 6.84. The van der Waals surface area contributed by atoms with Gasteiger partial charge in [0.05, 0.1) is 15.5 Å². The minimum absolute atomic E-state index is 0.139. The van der Waals surface area contributed by atoms with E-state index in [1.54, 1.807) is 11.3 Å². The number of nitrogens with two attached hydrogens (primary N) is 1. The van der Waals surface area contributed by atoms with Gasteiger partial charge in [0.15, 0.2) is 0 Å². The third-order valence-corrected chi connectivity index (χ3v) is 4.99. The summed E-state index contributed by atoms with van der Waals surface area (Å²) >= 11 is 5.22. The summed E-state index contributed by atoms with van der Waals surface area (Å²) in [6.07, 6.45) is 1.02. The van der Waals surface area contributed by atoms with Crippen molar-refractivity contribution in [1.82, 2.24) is 9.78 Å². The minimum Gasteiger partial charge on any atom is -0.328 e. The van der Waals surface area contributed by atoms with Gasteiger partial charge >= 0.3 is 0 Å². The number of thiophene rings is 1. The number of aryl methyl sites for hydroxylation is 1. The van der Waals surface area contributed by atoms with Crippen LogP contribution in [0.25, 0.3) is 0 Å². The van der Waals surface area contributed by atoms with Crippen molar-refractivity contribution in [3.63, 3.8) is 0 Å². The van der Waals surface area contributed by atoms with Crippen LogP contribution in [0.4, 0.5) is 0 Å². The second kappa shape index (κ2) is 5.55. The first kappa shape index (κ1) is 13.8. The Hall–Kier alpha value is -0.650. The lowest BCUT2D eigenvalue weighted by atomic mass is 10.1. The zero-order valence-corrected chi connectivity index (χ0v) is 13.3. The summed E-state index contributed by atoms with van der Waals surface area (Å²) in [5.41, 5.74) is 9.63. The Morgan fingerprint density at radius 1 is 1.44 bits per heavy atom. The maximum absolute atomic E-state index is 5.95. The quantitative estimate of drug-likeness (QED) is 0.934. The second-order valence-electron chi connectivity index (χ2n) is 4.34. The summed E-state index contributed by atoms with van der Waals surface area (Å²) in [7, 11) is 0. The molecular formula is C13H18BrN3S. The predicted molar refractivity (Wildman–Crippen MR) is 80.3 cm³/mol. The molecule has 2 N–H and O–H groups in total. The van der Waals surface area contributed by atoms with Gasteiger partial charge in [0.25, 0.3) is 0 Å². The van der Waals surface area contributed by atoms with Crippen molar-refractivity contribution in [2.24, 2.45) is 5.73 Å². The molecule has 0 aliphatic heterocycles. The molecule has 2 aromatic heterocycles. The van der Waals surface area contributed by atoms with E-state index < -0.39 is 0 Å². The summed E-state index contributed by atoms with van der Waals surface area (Å²) in [6.45, 7) is 6.93. The first-order valence-corrected chi connectivity index (χ1v) is 7.69. The third kappa shape index (κ3) is 2.39. The van der Waals surface area contributed by atoms with Gasteiger partial charge in [-0.3, -0.25) is 4.68 Å². The highest BCUT2D eigenvalue weighted by molar-refractivity contribution is 9.11. The van der Waals surface area contributed by atoms with E-state index in [0.717, 1.165) is 15.9 Å². The average molecular weight is 328 g/mol. The van der Waals surface area contributed by atoms with E-state index in [1.165, 1.54) is 16.1 Å². The Kier molecular flexibility index (Phi) is 4.25. The summed E-state index contributed by atoms with van der Waals surface area (Å²) in [4.78, 5) is 1.25. The summed E-state index contributed by atoms with van der Waals surface area (Å²) in [5, 5.41) is 4.67. The molecule has 0 amide bonds. The Bertz CT molecular complexity index is 544. The van der Waals surface area contributed by atoms with Crippen molar-refractivity contribution in [2.75, 3.05) is 6.54 Å². The van der Waals surface area contributed by atoms with E-state index in [1.807, 2.05) is 0 Å². The van der Waals surface area contributed by atoms with Gasteiger partial charge in [-0.15, -0.1) is 11.3 Å². The molecule has 5 heteroatoms. The number of hydrogen-bond donors (Lipinski definition) is 1. The van der Waals surface area contributed by atoms with Gasteiger partial charge in [-0.05, 0) is 53.9 Å². The van der Waals surface area contributed by atoms with Crippen LogP contribution in [0.5, 0.6) is 0 Å². The molecule has 2 aromatic rings. The zero-order valence-electron chi connectivity index (χ0n) is 10.9. The summed E-state index contributed by atoms with van der Waals surface area (Å²) in [6, 6.07) is 4.32. The van der Waals surface area contributed by atoms with Crippen LogP contribution in [0.15, 0.2) is 15.9 Å². The first-order valence-electron chi connectivity index (χ1n) is 6.08. The maximum atomic E-state index is 5.95.